The summed E-state index contributed by atoms with van der Waals surface area (Å²) in [4.78, 5) is 0. The minimum absolute atomic E-state index is 0.684. The molecule has 0 saturated heterocycles. The Kier molecular flexibility index (Phi) is 5.22. The summed E-state index contributed by atoms with van der Waals surface area (Å²) < 4.78 is 8.00. The van der Waals surface area contributed by atoms with E-state index < -0.39 is 0 Å². The third-order valence-corrected chi connectivity index (χ3v) is 4.82. The largest absolute Gasteiger partial charge is 0.376 e. The van der Waals surface area contributed by atoms with Crippen LogP contribution in [0, 0.1) is 0 Å². The van der Waals surface area contributed by atoms with Gasteiger partial charge in [0.2, 0.25) is 0 Å². The van der Waals surface area contributed by atoms with Crippen LogP contribution in [0.25, 0.3) is 0 Å². The molecule has 0 atom stereocenters. The fourth-order valence-electron chi connectivity index (χ4n) is 1.49. The zero-order valence-corrected chi connectivity index (χ0v) is 13.1. The number of rotatable bonds is 5. The maximum atomic E-state index is 5.66. The van der Waals surface area contributed by atoms with Crippen molar-refractivity contribution in [1.29, 1.82) is 0 Å². The van der Waals surface area contributed by atoms with Gasteiger partial charge in [0.15, 0.2) is 0 Å². The molecule has 0 spiro atoms. The molecule has 0 aliphatic carbocycles. The van der Waals surface area contributed by atoms with Crippen molar-refractivity contribution in [2.75, 3.05) is 6.61 Å². The zero-order chi connectivity index (χ0) is 12.1. The summed E-state index contributed by atoms with van der Waals surface area (Å²) in [5.74, 6) is 0. The topological polar surface area (TPSA) is 9.23 Å². The Balaban J connectivity index is 1.75. The van der Waals surface area contributed by atoms with Gasteiger partial charge in [-0.1, -0.05) is 30.3 Å². The first kappa shape index (κ1) is 13.3. The lowest BCUT2D eigenvalue weighted by atomic mass is 10.2. The smallest absolute Gasteiger partial charge is 0.0743 e. The van der Waals surface area contributed by atoms with Gasteiger partial charge in [-0.2, -0.15) is 0 Å². The number of hydrogen-bond donors (Lipinski definition) is 0. The summed E-state index contributed by atoms with van der Waals surface area (Å²) in [5.41, 5.74) is 2.52. The van der Waals surface area contributed by atoms with Crippen molar-refractivity contribution in [1.82, 2.24) is 0 Å². The van der Waals surface area contributed by atoms with Gasteiger partial charge >= 0.3 is 0 Å². The van der Waals surface area contributed by atoms with Crippen molar-refractivity contribution in [2.24, 2.45) is 0 Å². The van der Waals surface area contributed by atoms with Crippen LogP contribution in [0.3, 0.4) is 0 Å². The molecule has 1 nitrogen and oxygen atoms in total. The summed E-state index contributed by atoms with van der Waals surface area (Å²) in [5, 5.41) is 0. The van der Waals surface area contributed by atoms with E-state index in [4.69, 9.17) is 4.74 Å². The average molecular weight is 376 g/mol. The fourth-order valence-corrected chi connectivity index (χ4v) is 4.41. The average Bonchev–Trinajstić information content (AvgIpc) is 2.65. The number of halogens is 2. The number of ether oxygens (including phenoxy) is 1. The number of benzene rings is 1. The molecular formula is C13H12Br2OS. The summed E-state index contributed by atoms with van der Waals surface area (Å²) >= 11 is 8.72. The standard InChI is InChI=1S/C13H12Br2OS/c14-12-8-11(13(15)17-12)6-7-16-9-10-4-2-1-3-5-10/h1-5,8H,6-7,9H2. The van der Waals surface area contributed by atoms with Crippen LogP contribution in [0.2, 0.25) is 0 Å². The Morgan fingerprint density at radius 1 is 1.12 bits per heavy atom. The Morgan fingerprint density at radius 2 is 1.88 bits per heavy atom. The molecule has 0 fully saturated rings. The van der Waals surface area contributed by atoms with Crippen LogP contribution in [0.4, 0.5) is 0 Å². The van der Waals surface area contributed by atoms with Gasteiger partial charge in [0, 0.05) is 0 Å². The zero-order valence-electron chi connectivity index (χ0n) is 9.16. The van der Waals surface area contributed by atoms with E-state index in [0.717, 1.165) is 16.8 Å². The monoisotopic (exact) mass is 374 g/mol. The van der Waals surface area contributed by atoms with E-state index in [2.05, 4.69) is 50.1 Å². The number of thiophene rings is 1. The van der Waals surface area contributed by atoms with E-state index in [9.17, 15) is 0 Å². The molecule has 0 bridgehead atoms. The predicted octanol–water partition coefficient (Wildman–Crippen LogP) is 5.03. The molecule has 4 heteroatoms. The molecule has 1 aromatic heterocycles. The van der Waals surface area contributed by atoms with Gasteiger partial charge in [0.05, 0.1) is 20.8 Å². The molecule has 0 saturated carbocycles. The second-order valence-corrected chi connectivity index (χ2v) is 7.39. The van der Waals surface area contributed by atoms with Crippen molar-refractivity contribution in [3.05, 3.63) is 55.1 Å². The molecular weight excluding hydrogens is 364 g/mol. The predicted molar refractivity (Wildman–Crippen MR) is 79.5 cm³/mol. The lowest BCUT2D eigenvalue weighted by Crippen LogP contribution is -1.98. The first-order valence-electron chi connectivity index (χ1n) is 5.31. The molecule has 2 rings (SSSR count). The first-order chi connectivity index (χ1) is 8.25. The molecule has 0 radical (unpaired) electrons. The van der Waals surface area contributed by atoms with E-state index in [0.29, 0.717) is 6.61 Å². The summed E-state index contributed by atoms with van der Waals surface area (Å²) in [6.45, 7) is 1.43. The maximum Gasteiger partial charge on any atom is 0.0743 e. The first-order valence-corrected chi connectivity index (χ1v) is 7.71. The SMILES string of the molecule is Brc1cc(CCOCc2ccccc2)c(Br)s1. The van der Waals surface area contributed by atoms with Crippen molar-refractivity contribution in [3.63, 3.8) is 0 Å². The quantitative estimate of drug-likeness (QED) is 0.665. The van der Waals surface area contributed by atoms with E-state index in [1.54, 1.807) is 11.3 Å². The molecule has 0 N–H and O–H groups in total. The third-order valence-electron chi connectivity index (χ3n) is 2.35. The van der Waals surface area contributed by atoms with Gasteiger partial charge in [-0.25, -0.2) is 0 Å². The summed E-state index contributed by atoms with van der Waals surface area (Å²) in [6, 6.07) is 12.4. The molecule has 2 aromatic rings. The molecule has 17 heavy (non-hydrogen) atoms. The highest BCUT2D eigenvalue weighted by Crippen LogP contribution is 2.32. The molecule has 1 heterocycles. The molecule has 0 aliphatic heterocycles. The lowest BCUT2D eigenvalue weighted by Gasteiger charge is -2.03. The summed E-state index contributed by atoms with van der Waals surface area (Å²) in [7, 11) is 0. The highest BCUT2D eigenvalue weighted by molar-refractivity contribution is 9.12. The van der Waals surface area contributed by atoms with Crippen molar-refractivity contribution in [2.45, 2.75) is 13.0 Å². The van der Waals surface area contributed by atoms with Gasteiger partial charge in [0.25, 0.3) is 0 Å². The van der Waals surface area contributed by atoms with Crippen LogP contribution in [0.1, 0.15) is 11.1 Å². The molecule has 1 aromatic carbocycles. The van der Waals surface area contributed by atoms with Crippen LogP contribution in [-0.2, 0) is 17.8 Å². The van der Waals surface area contributed by atoms with E-state index in [-0.39, 0.29) is 0 Å². The van der Waals surface area contributed by atoms with Crippen LogP contribution in [0.5, 0.6) is 0 Å². The van der Waals surface area contributed by atoms with E-state index in [1.165, 1.54) is 14.9 Å². The van der Waals surface area contributed by atoms with Crippen LogP contribution in [-0.4, -0.2) is 6.61 Å². The van der Waals surface area contributed by atoms with Crippen molar-refractivity contribution in [3.8, 4) is 0 Å². The van der Waals surface area contributed by atoms with Crippen molar-refractivity contribution < 1.29 is 4.74 Å². The van der Waals surface area contributed by atoms with Gasteiger partial charge in [0.1, 0.15) is 0 Å². The van der Waals surface area contributed by atoms with E-state index >= 15 is 0 Å². The second kappa shape index (κ2) is 6.69. The van der Waals surface area contributed by atoms with Gasteiger partial charge < -0.3 is 4.74 Å². The van der Waals surface area contributed by atoms with Crippen LogP contribution < -0.4 is 0 Å². The second-order valence-electron chi connectivity index (χ2n) is 3.64. The molecule has 0 unspecified atom stereocenters. The van der Waals surface area contributed by atoms with Gasteiger partial charge in [-0.15, -0.1) is 11.3 Å². The minimum Gasteiger partial charge on any atom is -0.376 e. The lowest BCUT2D eigenvalue weighted by molar-refractivity contribution is 0.124. The highest BCUT2D eigenvalue weighted by Gasteiger charge is 2.04. The van der Waals surface area contributed by atoms with Crippen LogP contribution >= 0.6 is 43.2 Å². The number of hydrogen-bond acceptors (Lipinski definition) is 2. The van der Waals surface area contributed by atoms with E-state index in [1.807, 2.05) is 18.2 Å². The van der Waals surface area contributed by atoms with Crippen LogP contribution in [0.15, 0.2) is 44.0 Å². The Labute approximate surface area is 122 Å². The maximum absolute atomic E-state index is 5.66. The third kappa shape index (κ3) is 4.21. The minimum atomic E-state index is 0.684. The summed E-state index contributed by atoms with van der Waals surface area (Å²) in [6.07, 6.45) is 0.940. The fraction of sp³-hybridized carbons (Fsp3) is 0.231. The Bertz CT molecular complexity index is 468. The Hall–Kier alpha value is -0.160. The normalized spacial score (nSPS) is 10.7. The molecule has 0 aliphatic rings. The van der Waals surface area contributed by atoms with Crippen molar-refractivity contribution >= 4 is 43.2 Å². The Morgan fingerprint density at radius 3 is 2.53 bits per heavy atom. The van der Waals surface area contributed by atoms with Gasteiger partial charge in [-0.05, 0) is 55.5 Å². The molecule has 90 valence electrons. The highest BCUT2D eigenvalue weighted by atomic mass is 79.9. The van der Waals surface area contributed by atoms with Gasteiger partial charge in [-0.3, -0.25) is 0 Å². The molecule has 0 amide bonds.